The molecule has 1 atom stereocenters. The summed E-state index contributed by atoms with van der Waals surface area (Å²) in [5.74, 6) is -0.0399. The predicted octanol–water partition coefficient (Wildman–Crippen LogP) is 2.16. The van der Waals surface area contributed by atoms with Gasteiger partial charge in [-0.25, -0.2) is 9.97 Å². The Labute approximate surface area is 138 Å². The highest BCUT2D eigenvalue weighted by Crippen LogP contribution is 2.45. The SMILES string of the molecule is CCC1(n2c(C(=O)N(C)C)cc3cnc(S(C)=O)nc32)CCC1. The molecule has 2 aromatic rings. The summed E-state index contributed by atoms with van der Waals surface area (Å²) < 4.78 is 13.8. The molecule has 0 aliphatic heterocycles. The Bertz CT molecular complexity index is 787. The first-order valence-corrected chi connectivity index (χ1v) is 9.39. The van der Waals surface area contributed by atoms with Gasteiger partial charge in [-0.2, -0.15) is 0 Å². The van der Waals surface area contributed by atoms with Crippen LogP contribution in [-0.2, 0) is 16.3 Å². The zero-order chi connectivity index (χ0) is 16.8. The maximum absolute atomic E-state index is 12.7. The molecule has 6 nitrogen and oxygen atoms in total. The Morgan fingerprint density at radius 1 is 1.43 bits per heavy atom. The van der Waals surface area contributed by atoms with Crippen LogP contribution in [0.25, 0.3) is 11.0 Å². The van der Waals surface area contributed by atoms with Crippen LogP contribution in [0, 0.1) is 0 Å². The molecular weight excluding hydrogens is 312 g/mol. The molecule has 0 N–H and O–H groups in total. The van der Waals surface area contributed by atoms with Crippen LogP contribution in [0.1, 0.15) is 43.1 Å². The van der Waals surface area contributed by atoms with Gasteiger partial charge in [-0.3, -0.25) is 9.00 Å². The minimum absolute atomic E-state index is 0.0399. The molecule has 1 saturated carbocycles. The van der Waals surface area contributed by atoms with E-state index in [2.05, 4.69) is 21.5 Å². The van der Waals surface area contributed by atoms with Crippen molar-refractivity contribution in [3.63, 3.8) is 0 Å². The van der Waals surface area contributed by atoms with E-state index in [4.69, 9.17) is 0 Å². The van der Waals surface area contributed by atoms with Crippen molar-refractivity contribution in [3.8, 4) is 0 Å². The highest BCUT2D eigenvalue weighted by atomic mass is 32.2. The Kier molecular flexibility index (Phi) is 4.00. The van der Waals surface area contributed by atoms with Gasteiger partial charge in [0, 0.05) is 37.5 Å². The van der Waals surface area contributed by atoms with Crippen LogP contribution >= 0.6 is 0 Å². The van der Waals surface area contributed by atoms with Crippen LogP contribution in [0.4, 0.5) is 0 Å². The van der Waals surface area contributed by atoms with Crippen LogP contribution < -0.4 is 0 Å². The molecular formula is C16H22N4O2S. The summed E-state index contributed by atoms with van der Waals surface area (Å²) in [6.07, 6.45) is 7.41. The molecule has 1 amide bonds. The number of fused-ring (bicyclic) bond motifs is 1. The van der Waals surface area contributed by atoms with E-state index >= 15 is 0 Å². The Morgan fingerprint density at radius 2 is 2.13 bits per heavy atom. The second-order valence-electron chi connectivity index (χ2n) is 6.38. The van der Waals surface area contributed by atoms with Gasteiger partial charge in [-0.1, -0.05) is 6.92 Å². The zero-order valence-corrected chi connectivity index (χ0v) is 14.8. The molecule has 2 aromatic heterocycles. The van der Waals surface area contributed by atoms with E-state index in [-0.39, 0.29) is 11.4 Å². The molecule has 1 aliphatic carbocycles. The highest BCUT2D eigenvalue weighted by molar-refractivity contribution is 7.84. The van der Waals surface area contributed by atoms with Gasteiger partial charge in [0.1, 0.15) is 11.3 Å². The fourth-order valence-corrected chi connectivity index (χ4v) is 3.71. The third-order valence-corrected chi connectivity index (χ3v) is 5.53. The van der Waals surface area contributed by atoms with Crippen molar-refractivity contribution in [1.82, 2.24) is 19.4 Å². The van der Waals surface area contributed by atoms with Gasteiger partial charge < -0.3 is 9.47 Å². The second kappa shape index (κ2) is 5.70. The zero-order valence-electron chi connectivity index (χ0n) is 14.0. The highest BCUT2D eigenvalue weighted by Gasteiger charge is 2.41. The minimum atomic E-state index is -1.25. The molecule has 0 bridgehead atoms. The van der Waals surface area contributed by atoms with E-state index in [1.807, 2.05) is 6.07 Å². The van der Waals surface area contributed by atoms with E-state index in [1.54, 1.807) is 31.4 Å². The van der Waals surface area contributed by atoms with Gasteiger partial charge in [0.05, 0.1) is 10.8 Å². The average Bonchev–Trinajstić information content (AvgIpc) is 2.85. The molecule has 1 fully saturated rings. The molecule has 3 rings (SSSR count). The fourth-order valence-electron chi connectivity index (χ4n) is 3.30. The number of rotatable bonds is 4. The van der Waals surface area contributed by atoms with Gasteiger partial charge in [0.15, 0.2) is 0 Å². The molecule has 23 heavy (non-hydrogen) atoms. The van der Waals surface area contributed by atoms with Crippen molar-refractivity contribution < 1.29 is 9.00 Å². The summed E-state index contributed by atoms with van der Waals surface area (Å²) in [5, 5.41) is 1.13. The lowest BCUT2D eigenvalue weighted by molar-refractivity contribution is 0.0780. The molecule has 0 aromatic carbocycles. The molecule has 124 valence electrons. The van der Waals surface area contributed by atoms with Crippen molar-refractivity contribution in [1.29, 1.82) is 0 Å². The maximum Gasteiger partial charge on any atom is 0.270 e. The van der Waals surface area contributed by atoms with Crippen molar-refractivity contribution in [2.24, 2.45) is 0 Å². The third kappa shape index (κ3) is 2.47. The molecule has 7 heteroatoms. The van der Waals surface area contributed by atoms with E-state index in [1.165, 1.54) is 0 Å². The molecule has 0 saturated heterocycles. The lowest BCUT2D eigenvalue weighted by Crippen LogP contribution is -2.42. The van der Waals surface area contributed by atoms with Gasteiger partial charge >= 0.3 is 0 Å². The Balaban J connectivity index is 2.30. The monoisotopic (exact) mass is 334 g/mol. The van der Waals surface area contributed by atoms with Crippen LogP contribution in [0.15, 0.2) is 17.4 Å². The Morgan fingerprint density at radius 3 is 2.61 bits per heavy atom. The van der Waals surface area contributed by atoms with Crippen molar-refractivity contribution >= 4 is 27.7 Å². The number of hydrogen-bond acceptors (Lipinski definition) is 4. The molecule has 0 spiro atoms. The first-order chi connectivity index (χ1) is 10.9. The van der Waals surface area contributed by atoms with Crippen LogP contribution in [0.3, 0.4) is 0 Å². The minimum Gasteiger partial charge on any atom is -0.343 e. The average molecular weight is 334 g/mol. The first-order valence-electron chi connectivity index (χ1n) is 7.83. The number of carbonyl (C=O) groups is 1. The summed E-state index contributed by atoms with van der Waals surface area (Å²) in [6.45, 7) is 2.15. The van der Waals surface area contributed by atoms with Gasteiger partial charge in [0.25, 0.3) is 5.91 Å². The molecule has 1 unspecified atom stereocenters. The molecule has 0 radical (unpaired) electrons. The van der Waals surface area contributed by atoms with E-state index in [9.17, 15) is 9.00 Å². The van der Waals surface area contributed by atoms with Crippen molar-refractivity contribution in [3.05, 3.63) is 18.0 Å². The molecule has 1 aliphatic rings. The quantitative estimate of drug-likeness (QED) is 0.804. The number of amides is 1. The van der Waals surface area contributed by atoms with E-state index in [0.717, 1.165) is 36.7 Å². The summed E-state index contributed by atoms with van der Waals surface area (Å²) in [5.41, 5.74) is 1.29. The smallest absolute Gasteiger partial charge is 0.270 e. The lowest BCUT2D eigenvalue weighted by atomic mass is 9.74. The number of aromatic nitrogens is 3. The van der Waals surface area contributed by atoms with Crippen molar-refractivity contribution in [2.75, 3.05) is 20.4 Å². The number of hydrogen-bond donors (Lipinski definition) is 0. The maximum atomic E-state index is 12.7. The first kappa shape index (κ1) is 16.1. The van der Waals surface area contributed by atoms with Gasteiger partial charge in [-0.15, -0.1) is 0 Å². The van der Waals surface area contributed by atoms with Gasteiger partial charge in [-0.05, 0) is 31.7 Å². The van der Waals surface area contributed by atoms with Crippen LogP contribution in [-0.4, -0.2) is 49.9 Å². The van der Waals surface area contributed by atoms with E-state index < -0.39 is 10.8 Å². The predicted molar refractivity (Wildman–Crippen MR) is 90.0 cm³/mol. The summed E-state index contributed by atoms with van der Waals surface area (Å²) in [4.78, 5) is 22.9. The Hall–Kier alpha value is -1.76. The second-order valence-corrected chi connectivity index (χ2v) is 7.66. The van der Waals surface area contributed by atoms with Crippen LogP contribution in [0.2, 0.25) is 0 Å². The fraction of sp³-hybridized carbons (Fsp3) is 0.562. The molecule has 2 heterocycles. The van der Waals surface area contributed by atoms with E-state index in [0.29, 0.717) is 10.9 Å². The topological polar surface area (TPSA) is 68.1 Å². The largest absolute Gasteiger partial charge is 0.343 e. The summed E-state index contributed by atoms with van der Waals surface area (Å²) >= 11 is 0. The standard InChI is InChI=1S/C16H22N4O2S/c1-5-16(7-6-8-16)20-12(14(21)19(2)3)9-11-10-17-15(23(4)22)18-13(11)20/h9-10H,5-8H2,1-4H3. The van der Waals surface area contributed by atoms with Crippen LogP contribution in [0.5, 0.6) is 0 Å². The summed E-state index contributed by atoms with van der Waals surface area (Å²) in [6, 6.07) is 1.86. The third-order valence-electron chi connectivity index (χ3n) is 4.82. The number of nitrogens with zero attached hydrogens (tertiary/aromatic N) is 4. The number of carbonyl (C=O) groups excluding carboxylic acids is 1. The normalized spacial score (nSPS) is 17.7. The van der Waals surface area contributed by atoms with Crippen molar-refractivity contribution in [2.45, 2.75) is 43.3 Å². The lowest BCUT2D eigenvalue weighted by Gasteiger charge is -2.44. The summed E-state index contributed by atoms with van der Waals surface area (Å²) in [7, 11) is 2.26. The van der Waals surface area contributed by atoms with Gasteiger partial charge in [0.2, 0.25) is 5.16 Å².